The molecule has 1 saturated heterocycles. The predicted molar refractivity (Wildman–Crippen MR) is 77.5 cm³/mol. The second-order valence-corrected chi connectivity index (χ2v) is 7.20. The van der Waals surface area contributed by atoms with Crippen molar-refractivity contribution in [1.29, 1.82) is 0 Å². The van der Waals surface area contributed by atoms with E-state index >= 15 is 0 Å². The SMILES string of the molecule is CC(C)(C)C(CC(=O)O)NC(=O)NC1CCCSC1. The predicted octanol–water partition coefficient (Wildman–Crippen LogP) is 2.07. The number of carboxylic acids is 1. The Kier molecular flexibility index (Phi) is 5.97. The van der Waals surface area contributed by atoms with Gasteiger partial charge in [-0.3, -0.25) is 4.79 Å². The first-order valence-corrected chi connectivity index (χ1v) is 7.81. The van der Waals surface area contributed by atoms with Gasteiger partial charge in [-0.1, -0.05) is 20.8 Å². The van der Waals surface area contributed by atoms with Gasteiger partial charge in [0.25, 0.3) is 0 Å². The Balaban J connectivity index is 2.48. The normalized spacial score (nSPS) is 21.5. The molecule has 0 bridgehead atoms. The Labute approximate surface area is 118 Å². The number of carboxylic acid groups (broad SMARTS) is 1. The molecule has 2 amide bonds. The fraction of sp³-hybridized carbons (Fsp3) is 0.846. The van der Waals surface area contributed by atoms with Gasteiger partial charge in [-0.2, -0.15) is 11.8 Å². The highest BCUT2D eigenvalue weighted by atomic mass is 32.2. The average Bonchev–Trinajstić information content (AvgIpc) is 2.27. The van der Waals surface area contributed by atoms with E-state index in [1.165, 1.54) is 0 Å². The molecule has 2 unspecified atom stereocenters. The van der Waals surface area contributed by atoms with Crippen molar-refractivity contribution in [1.82, 2.24) is 10.6 Å². The van der Waals surface area contributed by atoms with Crippen LogP contribution in [0.5, 0.6) is 0 Å². The van der Waals surface area contributed by atoms with Crippen LogP contribution in [-0.4, -0.2) is 40.7 Å². The quantitative estimate of drug-likeness (QED) is 0.740. The van der Waals surface area contributed by atoms with Crippen molar-refractivity contribution >= 4 is 23.8 Å². The number of rotatable bonds is 4. The minimum absolute atomic E-state index is 0.0592. The lowest BCUT2D eigenvalue weighted by Crippen LogP contribution is -2.52. The molecule has 1 fully saturated rings. The molecular weight excluding hydrogens is 264 g/mol. The summed E-state index contributed by atoms with van der Waals surface area (Å²) in [5, 5.41) is 14.6. The minimum Gasteiger partial charge on any atom is -0.481 e. The molecule has 19 heavy (non-hydrogen) atoms. The van der Waals surface area contributed by atoms with Crippen LogP contribution in [0.15, 0.2) is 0 Å². The molecule has 1 aliphatic rings. The molecule has 2 atom stereocenters. The number of carbonyl (C=O) groups is 2. The van der Waals surface area contributed by atoms with E-state index in [1.54, 1.807) is 0 Å². The van der Waals surface area contributed by atoms with Gasteiger partial charge in [0.2, 0.25) is 0 Å². The number of hydrogen-bond acceptors (Lipinski definition) is 3. The molecule has 0 spiro atoms. The van der Waals surface area contributed by atoms with Crippen LogP contribution in [0, 0.1) is 5.41 Å². The molecule has 0 radical (unpaired) electrons. The summed E-state index contributed by atoms with van der Waals surface area (Å²) < 4.78 is 0. The summed E-state index contributed by atoms with van der Waals surface area (Å²) in [6, 6.07) is -0.431. The third-order valence-electron chi connectivity index (χ3n) is 3.22. The fourth-order valence-electron chi connectivity index (χ4n) is 1.99. The van der Waals surface area contributed by atoms with E-state index in [2.05, 4.69) is 10.6 Å². The fourth-order valence-corrected chi connectivity index (χ4v) is 3.06. The first-order valence-electron chi connectivity index (χ1n) is 6.65. The highest BCUT2D eigenvalue weighted by Gasteiger charge is 2.29. The van der Waals surface area contributed by atoms with Gasteiger partial charge in [-0.15, -0.1) is 0 Å². The highest BCUT2D eigenvalue weighted by Crippen LogP contribution is 2.22. The Hall–Kier alpha value is -0.910. The smallest absolute Gasteiger partial charge is 0.315 e. The van der Waals surface area contributed by atoms with Gasteiger partial charge in [0.05, 0.1) is 6.42 Å². The lowest BCUT2D eigenvalue weighted by atomic mass is 9.85. The van der Waals surface area contributed by atoms with Crippen LogP contribution in [-0.2, 0) is 4.79 Å². The zero-order valence-corrected chi connectivity index (χ0v) is 12.7. The van der Waals surface area contributed by atoms with Crippen LogP contribution in [0.25, 0.3) is 0 Å². The van der Waals surface area contributed by atoms with Gasteiger partial charge in [-0.05, 0) is 24.0 Å². The first-order chi connectivity index (χ1) is 8.79. The van der Waals surface area contributed by atoms with Crippen molar-refractivity contribution < 1.29 is 14.7 Å². The third-order valence-corrected chi connectivity index (χ3v) is 4.44. The zero-order valence-electron chi connectivity index (χ0n) is 11.9. The maximum atomic E-state index is 11.9. The molecule has 1 rings (SSSR count). The number of aliphatic carboxylic acids is 1. The van der Waals surface area contributed by atoms with Crippen molar-refractivity contribution in [2.45, 2.75) is 52.1 Å². The van der Waals surface area contributed by atoms with Crippen molar-refractivity contribution in [3.63, 3.8) is 0 Å². The number of amides is 2. The Morgan fingerprint density at radius 1 is 1.42 bits per heavy atom. The van der Waals surface area contributed by atoms with Gasteiger partial charge < -0.3 is 15.7 Å². The summed E-state index contributed by atoms with van der Waals surface area (Å²) in [6.45, 7) is 5.78. The number of hydrogen-bond donors (Lipinski definition) is 3. The lowest BCUT2D eigenvalue weighted by molar-refractivity contribution is -0.138. The number of urea groups is 1. The number of nitrogens with one attached hydrogen (secondary N) is 2. The standard InChI is InChI=1S/C13H24N2O3S/c1-13(2,3)10(7-11(16)17)15-12(18)14-9-5-4-6-19-8-9/h9-10H,4-8H2,1-3H3,(H,16,17)(H2,14,15,18). The Bertz CT molecular complexity index is 322. The molecule has 0 aromatic rings. The van der Waals surface area contributed by atoms with Crippen molar-refractivity contribution in [2.75, 3.05) is 11.5 Å². The Morgan fingerprint density at radius 2 is 2.11 bits per heavy atom. The maximum Gasteiger partial charge on any atom is 0.315 e. The number of carbonyl (C=O) groups excluding carboxylic acids is 1. The van der Waals surface area contributed by atoms with Crippen molar-refractivity contribution in [3.05, 3.63) is 0 Å². The van der Waals surface area contributed by atoms with Crippen LogP contribution in [0.4, 0.5) is 4.79 Å². The Morgan fingerprint density at radius 3 is 2.58 bits per heavy atom. The molecule has 0 aliphatic carbocycles. The topological polar surface area (TPSA) is 78.4 Å². The maximum absolute atomic E-state index is 11.9. The van der Waals surface area contributed by atoms with E-state index in [0.29, 0.717) is 0 Å². The first kappa shape index (κ1) is 16.1. The highest BCUT2D eigenvalue weighted by molar-refractivity contribution is 7.99. The molecule has 3 N–H and O–H groups in total. The van der Waals surface area contributed by atoms with Gasteiger partial charge in [0.1, 0.15) is 0 Å². The van der Waals surface area contributed by atoms with Crippen LogP contribution >= 0.6 is 11.8 Å². The summed E-state index contributed by atoms with van der Waals surface area (Å²) in [5.74, 6) is 1.20. The van der Waals surface area contributed by atoms with E-state index in [1.807, 2.05) is 32.5 Å². The van der Waals surface area contributed by atoms with Gasteiger partial charge >= 0.3 is 12.0 Å². The molecule has 0 aromatic heterocycles. The molecule has 1 heterocycles. The van der Waals surface area contributed by atoms with Crippen molar-refractivity contribution in [3.8, 4) is 0 Å². The molecule has 1 aliphatic heterocycles. The average molecular weight is 288 g/mol. The zero-order chi connectivity index (χ0) is 14.5. The number of thioether (sulfide) groups is 1. The van der Waals surface area contributed by atoms with E-state index in [4.69, 9.17) is 5.11 Å². The van der Waals surface area contributed by atoms with E-state index in [-0.39, 0.29) is 30.0 Å². The third kappa shape index (κ3) is 6.18. The molecule has 0 saturated carbocycles. The van der Waals surface area contributed by atoms with E-state index in [9.17, 15) is 9.59 Å². The summed E-state index contributed by atoms with van der Waals surface area (Å²) in [5.41, 5.74) is -0.281. The van der Waals surface area contributed by atoms with Crippen molar-refractivity contribution in [2.24, 2.45) is 5.41 Å². The molecular formula is C13H24N2O3S. The second kappa shape index (κ2) is 7.03. The summed E-state index contributed by atoms with van der Waals surface area (Å²) >= 11 is 1.84. The van der Waals surface area contributed by atoms with Gasteiger partial charge in [-0.25, -0.2) is 4.79 Å². The molecule has 0 aromatic carbocycles. The summed E-state index contributed by atoms with van der Waals surface area (Å²) in [7, 11) is 0. The molecule has 110 valence electrons. The summed E-state index contributed by atoms with van der Waals surface area (Å²) in [6.07, 6.45) is 2.06. The second-order valence-electron chi connectivity index (χ2n) is 6.05. The van der Waals surface area contributed by atoms with E-state index in [0.717, 1.165) is 24.3 Å². The van der Waals surface area contributed by atoms with Crippen LogP contribution in [0.1, 0.15) is 40.0 Å². The van der Waals surface area contributed by atoms with Gasteiger partial charge in [0, 0.05) is 17.8 Å². The molecule has 5 nitrogen and oxygen atoms in total. The van der Waals surface area contributed by atoms with Gasteiger partial charge in [0.15, 0.2) is 0 Å². The lowest BCUT2D eigenvalue weighted by Gasteiger charge is -2.31. The monoisotopic (exact) mass is 288 g/mol. The largest absolute Gasteiger partial charge is 0.481 e. The summed E-state index contributed by atoms with van der Waals surface area (Å²) in [4.78, 5) is 22.8. The van der Waals surface area contributed by atoms with Crippen LogP contribution < -0.4 is 10.6 Å². The van der Waals surface area contributed by atoms with Crippen LogP contribution in [0.3, 0.4) is 0 Å². The molecule has 6 heteroatoms. The van der Waals surface area contributed by atoms with Crippen LogP contribution in [0.2, 0.25) is 0 Å². The van der Waals surface area contributed by atoms with E-state index < -0.39 is 5.97 Å². The minimum atomic E-state index is -0.895.